The summed E-state index contributed by atoms with van der Waals surface area (Å²) in [5.41, 5.74) is 3.53. The summed E-state index contributed by atoms with van der Waals surface area (Å²) in [4.78, 5) is 14.9. The van der Waals surface area contributed by atoms with Gasteiger partial charge >= 0.3 is 0 Å². The summed E-state index contributed by atoms with van der Waals surface area (Å²) in [6.07, 6.45) is -0.266. The van der Waals surface area contributed by atoms with Crippen LogP contribution in [0.25, 0.3) is 0 Å². The molecule has 4 nitrogen and oxygen atoms in total. The molecule has 3 aromatic rings. The lowest BCUT2D eigenvalue weighted by molar-refractivity contribution is 0.0729. The van der Waals surface area contributed by atoms with Crippen LogP contribution in [0.1, 0.15) is 34.6 Å². The average molecular weight is 393 g/mol. The molecule has 142 valence electrons. The molecule has 4 rings (SSSR count). The number of amides is 1. The molecule has 1 unspecified atom stereocenters. The van der Waals surface area contributed by atoms with Gasteiger partial charge in [-0.2, -0.15) is 0 Å². The van der Waals surface area contributed by atoms with E-state index in [-0.39, 0.29) is 12.1 Å². The Morgan fingerprint density at radius 3 is 2.46 bits per heavy atom. The summed E-state index contributed by atoms with van der Waals surface area (Å²) >= 11 is 6.34. The molecule has 0 radical (unpaired) electrons. The first-order chi connectivity index (χ1) is 13.7. The number of ether oxygens (including phenoxy) is 1. The zero-order chi connectivity index (χ0) is 19.5. The minimum atomic E-state index is -0.266. The van der Waals surface area contributed by atoms with Crippen molar-refractivity contribution in [1.29, 1.82) is 0 Å². The number of halogens is 1. The molecule has 0 aliphatic carbocycles. The number of hydrogen-bond donors (Lipinski definition) is 1. The van der Waals surface area contributed by atoms with E-state index < -0.39 is 0 Å². The minimum Gasteiger partial charge on any atom is -0.494 e. The van der Waals surface area contributed by atoms with Gasteiger partial charge in [-0.15, -0.1) is 0 Å². The minimum absolute atomic E-state index is 0.000966. The highest BCUT2D eigenvalue weighted by Crippen LogP contribution is 2.36. The number of carbonyl (C=O) groups is 1. The topological polar surface area (TPSA) is 41.6 Å². The SMILES string of the molecule is CCOc1ccc(NC2c3ccccc3C(=O)N2Cc2ccccc2Cl)cc1. The largest absolute Gasteiger partial charge is 0.494 e. The lowest BCUT2D eigenvalue weighted by Gasteiger charge is -2.27. The van der Waals surface area contributed by atoms with E-state index in [1.165, 1.54) is 0 Å². The van der Waals surface area contributed by atoms with Crippen LogP contribution in [-0.4, -0.2) is 17.4 Å². The van der Waals surface area contributed by atoms with Crippen molar-refractivity contribution in [3.63, 3.8) is 0 Å². The lowest BCUT2D eigenvalue weighted by atomic mass is 10.1. The molecular weight excluding hydrogens is 372 g/mol. The molecule has 1 atom stereocenters. The Morgan fingerprint density at radius 2 is 1.71 bits per heavy atom. The predicted molar refractivity (Wildman–Crippen MR) is 112 cm³/mol. The zero-order valence-electron chi connectivity index (χ0n) is 15.6. The maximum Gasteiger partial charge on any atom is 0.256 e. The van der Waals surface area contributed by atoms with E-state index in [2.05, 4.69) is 5.32 Å². The zero-order valence-corrected chi connectivity index (χ0v) is 16.3. The fraction of sp³-hybridized carbons (Fsp3) is 0.174. The van der Waals surface area contributed by atoms with Crippen molar-refractivity contribution in [3.8, 4) is 5.75 Å². The summed E-state index contributed by atoms with van der Waals surface area (Å²) in [5, 5.41) is 4.15. The van der Waals surface area contributed by atoms with Gasteiger partial charge < -0.3 is 15.0 Å². The van der Waals surface area contributed by atoms with Gasteiger partial charge in [0.1, 0.15) is 11.9 Å². The lowest BCUT2D eigenvalue weighted by Crippen LogP contribution is -2.32. The molecule has 3 aromatic carbocycles. The van der Waals surface area contributed by atoms with Crippen molar-refractivity contribution in [2.45, 2.75) is 19.6 Å². The van der Waals surface area contributed by atoms with Crippen LogP contribution in [0.15, 0.2) is 72.8 Å². The van der Waals surface area contributed by atoms with Gasteiger partial charge in [-0.25, -0.2) is 0 Å². The maximum atomic E-state index is 13.1. The molecular formula is C23H21ClN2O2. The Balaban J connectivity index is 1.64. The summed E-state index contributed by atoms with van der Waals surface area (Å²) in [7, 11) is 0. The number of nitrogens with zero attached hydrogens (tertiary/aromatic N) is 1. The Hall–Kier alpha value is -2.98. The summed E-state index contributed by atoms with van der Waals surface area (Å²) in [5.74, 6) is 0.822. The highest BCUT2D eigenvalue weighted by atomic mass is 35.5. The van der Waals surface area contributed by atoms with Crippen molar-refractivity contribution < 1.29 is 9.53 Å². The van der Waals surface area contributed by atoms with Gasteiger partial charge in [-0.05, 0) is 48.9 Å². The van der Waals surface area contributed by atoms with Crippen LogP contribution in [0.5, 0.6) is 5.75 Å². The van der Waals surface area contributed by atoms with E-state index >= 15 is 0 Å². The molecule has 5 heteroatoms. The predicted octanol–water partition coefficient (Wildman–Crippen LogP) is 5.51. The molecule has 0 fully saturated rings. The number of carbonyl (C=O) groups excluding carboxylic acids is 1. The Morgan fingerprint density at radius 1 is 1.00 bits per heavy atom. The monoisotopic (exact) mass is 392 g/mol. The molecule has 0 bridgehead atoms. The molecule has 1 aliphatic rings. The van der Waals surface area contributed by atoms with E-state index in [0.717, 1.165) is 28.1 Å². The molecule has 0 aromatic heterocycles. The van der Waals surface area contributed by atoms with E-state index in [1.54, 1.807) is 0 Å². The van der Waals surface area contributed by atoms with Gasteiger partial charge in [0, 0.05) is 28.4 Å². The fourth-order valence-corrected chi connectivity index (χ4v) is 3.67. The van der Waals surface area contributed by atoms with Crippen molar-refractivity contribution in [1.82, 2.24) is 4.90 Å². The first kappa shape index (κ1) is 18.4. The van der Waals surface area contributed by atoms with Crippen molar-refractivity contribution in [3.05, 3.63) is 94.5 Å². The second kappa shape index (κ2) is 7.95. The van der Waals surface area contributed by atoms with Crippen molar-refractivity contribution in [2.24, 2.45) is 0 Å². The van der Waals surface area contributed by atoms with Crippen molar-refractivity contribution in [2.75, 3.05) is 11.9 Å². The van der Waals surface area contributed by atoms with Gasteiger partial charge in [0.2, 0.25) is 0 Å². The van der Waals surface area contributed by atoms with Crippen LogP contribution < -0.4 is 10.1 Å². The fourth-order valence-electron chi connectivity index (χ4n) is 3.47. The van der Waals surface area contributed by atoms with Crippen LogP contribution in [0.3, 0.4) is 0 Å². The molecule has 0 saturated carbocycles. The van der Waals surface area contributed by atoms with Crippen molar-refractivity contribution >= 4 is 23.2 Å². The Kier molecular flexibility index (Phi) is 5.22. The van der Waals surface area contributed by atoms with Gasteiger partial charge in [0.05, 0.1) is 6.61 Å². The first-order valence-corrected chi connectivity index (χ1v) is 9.68. The summed E-state index contributed by atoms with van der Waals surface area (Å²) in [6, 6.07) is 23.1. The normalized spacial score (nSPS) is 15.4. The van der Waals surface area contributed by atoms with E-state index in [1.807, 2.05) is 84.6 Å². The molecule has 1 N–H and O–H groups in total. The van der Waals surface area contributed by atoms with Crippen LogP contribution in [0.2, 0.25) is 5.02 Å². The third-order valence-corrected chi connectivity index (χ3v) is 5.19. The highest BCUT2D eigenvalue weighted by molar-refractivity contribution is 6.31. The third kappa shape index (κ3) is 3.56. The highest BCUT2D eigenvalue weighted by Gasteiger charge is 2.36. The average Bonchev–Trinajstić information content (AvgIpc) is 2.97. The van der Waals surface area contributed by atoms with Gasteiger partial charge in [0.25, 0.3) is 5.91 Å². The summed E-state index contributed by atoms with van der Waals surface area (Å²) < 4.78 is 5.51. The van der Waals surface area contributed by atoms with Crippen LogP contribution in [0, 0.1) is 0 Å². The van der Waals surface area contributed by atoms with Crippen LogP contribution in [0.4, 0.5) is 5.69 Å². The Labute approximate surface area is 169 Å². The number of hydrogen-bond acceptors (Lipinski definition) is 3. The smallest absolute Gasteiger partial charge is 0.256 e. The standard InChI is InChI=1S/C23H21ClN2O2/c1-2-28-18-13-11-17(12-14-18)25-22-19-8-4-5-9-20(19)23(27)26(22)15-16-7-3-6-10-21(16)24/h3-14,22,25H,2,15H2,1H3. The number of fused-ring (bicyclic) bond motifs is 1. The quantitative estimate of drug-likeness (QED) is 0.601. The van der Waals surface area contributed by atoms with Crippen LogP contribution >= 0.6 is 11.6 Å². The van der Waals surface area contributed by atoms with Gasteiger partial charge in [-0.1, -0.05) is 48.0 Å². The van der Waals surface area contributed by atoms with E-state index in [9.17, 15) is 4.79 Å². The van der Waals surface area contributed by atoms with Gasteiger partial charge in [0.15, 0.2) is 0 Å². The molecule has 28 heavy (non-hydrogen) atoms. The summed E-state index contributed by atoms with van der Waals surface area (Å²) in [6.45, 7) is 3.02. The van der Waals surface area contributed by atoms with Crippen LogP contribution in [-0.2, 0) is 6.54 Å². The van der Waals surface area contributed by atoms with Gasteiger partial charge in [-0.3, -0.25) is 4.79 Å². The first-order valence-electron chi connectivity index (χ1n) is 9.30. The molecule has 1 amide bonds. The number of rotatable bonds is 6. The second-order valence-corrected chi connectivity index (χ2v) is 7.02. The molecule has 1 aliphatic heterocycles. The molecule has 0 spiro atoms. The Bertz CT molecular complexity index is 988. The third-order valence-electron chi connectivity index (χ3n) is 4.83. The van der Waals surface area contributed by atoms with E-state index in [4.69, 9.17) is 16.3 Å². The molecule has 1 heterocycles. The maximum absolute atomic E-state index is 13.1. The number of nitrogens with one attached hydrogen (secondary N) is 1. The number of benzene rings is 3. The molecule has 0 saturated heterocycles. The number of anilines is 1. The second-order valence-electron chi connectivity index (χ2n) is 6.62. The van der Waals surface area contributed by atoms with E-state index in [0.29, 0.717) is 18.2 Å².